The third kappa shape index (κ3) is 4.43. The van der Waals surface area contributed by atoms with Gasteiger partial charge in [0, 0.05) is 44.7 Å². The van der Waals surface area contributed by atoms with Crippen molar-refractivity contribution in [3.8, 4) is 0 Å². The summed E-state index contributed by atoms with van der Waals surface area (Å²) in [6.07, 6.45) is 1.90. The Morgan fingerprint density at radius 2 is 2.00 bits per heavy atom. The Kier molecular flexibility index (Phi) is 6.36. The fourth-order valence-corrected chi connectivity index (χ4v) is 4.38. The van der Waals surface area contributed by atoms with Crippen LogP contribution in [0.4, 0.5) is 14.6 Å². The first-order chi connectivity index (χ1) is 15.7. The number of aromatic nitrogens is 2. The van der Waals surface area contributed by atoms with E-state index < -0.39 is 29.3 Å². The number of alkyl halides is 1. The van der Waals surface area contributed by atoms with Crippen molar-refractivity contribution in [1.82, 2.24) is 14.5 Å². The molecule has 1 saturated carbocycles. The molecule has 1 saturated heterocycles. The van der Waals surface area contributed by atoms with E-state index in [1.807, 2.05) is 6.92 Å². The summed E-state index contributed by atoms with van der Waals surface area (Å²) in [5.74, 6) is -2.14. The largest absolute Gasteiger partial charge is 0.462 e. The molecule has 0 N–H and O–H groups in total. The van der Waals surface area contributed by atoms with Crippen molar-refractivity contribution in [1.29, 1.82) is 0 Å². The van der Waals surface area contributed by atoms with Gasteiger partial charge in [-0.3, -0.25) is 9.59 Å². The molecular weight excluding hydrogens is 434 g/mol. The van der Waals surface area contributed by atoms with Gasteiger partial charge < -0.3 is 19.1 Å². The number of nitrogens with zero attached hydrogens (tertiary/aromatic N) is 4. The first kappa shape index (κ1) is 23.1. The fourth-order valence-electron chi connectivity index (χ4n) is 4.38. The molecule has 0 radical (unpaired) electrons. The van der Waals surface area contributed by atoms with Crippen LogP contribution >= 0.6 is 0 Å². The number of hydrogen-bond donors (Lipinski definition) is 0. The number of halogens is 2. The highest BCUT2D eigenvalue weighted by atomic mass is 19.1. The van der Waals surface area contributed by atoms with Gasteiger partial charge in [-0.1, -0.05) is 0 Å². The number of esters is 1. The third-order valence-electron chi connectivity index (χ3n) is 6.32. The normalized spacial score (nSPS) is 20.3. The zero-order valence-electron chi connectivity index (χ0n) is 19.0. The number of amides is 1. The Hall–Kier alpha value is -3.04. The van der Waals surface area contributed by atoms with E-state index in [2.05, 4.69) is 4.98 Å². The topological polar surface area (TPSA) is 84.7 Å². The van der Waals surface area contributed by atoms with E-state index in [1.54, 1.807) is 16.4 Å². The van der Waals surface area contributed by atoms with Crippen molar-refractivity contribution < 1.29 is 23.1 Å². The molecule has 33 heavy (non-hydrogen) atoms. The number of ether oxygens (including phenoxy) is 1. The monoisotopic (exact) mass is 462 g/mol. The molecule has 2 atom stereocenters. The smallest absolute Gasteiger partial charge is 0.343 e. The fraction of sp³-hybridized carbons (Fsp3) is 0.565. The lowest BCUT2D eigenvalue weighted by molar-refractivity contribution is -0.129. The van der Waals surface area contributed by atoms with Crippen LogP contribution in [0, 0.1) is 11.7 Å². The number of carbonyl (C=O) groups is 2. The first-order valence-corrected chi connectivity index (χ1v) is 11.3. The first-order valence-electron chi connectivity index (χ1n) is 11.3. The summed E-state index contributed by atoms with van der Waals surface area (Å²) in [4.78, 5) is 44.4. The lowest BCUT2D eigenvalue weighted by atomic mass is 10.1. The van der Waals surface area contributed by atoms with Crippen LogP contribution in [-0.4, -0.2) is 65.3 Å². The van der Waals surface area contributed by atoms with Crippen LogP contribution in [0.25, 0.3) is 11.0 Å². The second-order valence-corrected chi connectivity index (χ2v) is 8.63. The summed E-state index contributed by atoms with van der Waals surface area (Å²) in [7, 11) is 0. The minimum Gasteiger partial charge on any atom is -0.462 e. The molecule has 0 aromatic carbocycles. The van der Waals surface area contributed by atoms with Crippen molar-refractivity contribution in [3.63, 3.8) is 0 Å². The molecule has 2 aromatic rings. The molecule has 10 heteroatoms. The van der Waals surface area contributed by atoms with E-state index in [4.69, 9.17) is 4.74 Å². The molecule has 2 aliphatic rings. The minimum absolute atomic E-state index is 0.00464. The Bertz CT molecular complexity index is 1150. The van der Waals surface area contributed by atoms with Gasteiger partial charge in [0.1, 0.15) is 17.4 Å². The number of rotatable bonds is 7. The van der Waals surface area contributed by atoms with Crippen molar-refractivity contribution in [2.24, 2.45) is 5.92 Å². The Morgan fingerprint density at radius 1 is 1.27 bits per heavy atom. The molecule has 3 heterocycles. The molecule has 0 spiro atoms. The van der Waals surface area contributed by atoms with Gasteiger partial charge in [0.05, 0.1) is 18.5 Å². The van der Waals surface area contributed by atoms with Crippen molar-refractivity contribution in [3.05, 3.63) is 33.9 Å². The highest BCUT2D eigenvalue weighted by Gasteiger charge is 2.37. The number of anilines is 1. The van der Waals surface area contributed by atoms with E-state index >= 15 is 4.39 Å². The molecule has 178 valence electrons. The molecule has 0 bridgehead atoms. The molecule has 2 fully saturated rings. The Balaban J connectivity index is 1.71. The quantitative estimate of drug-likeness (QED) is 0.589. The van der Waals surface area contributed by atoms with Crippen LogP contribution in [0.3, 0.4) is 0 Å². The predicted molar refractivity (Wildman–Crippen MR) is 119 cm³/mol. The second kappa shape index (κ2) is 9.07. The van der Waals surface area contributed by atoms with Gasteiger partial charge in [-0.25, -0.2) is 18.6 Å². The standard InChI is InChI=1S/C23H28F2N4O4/c1-4-27(13(3)30)9-14-10-28(12-19(14)25)22-18(24)8-16-20(31)17(23(32)33-5-2)11-29(15-6-7-15)21(16)26-22/h8,11,14-15,19H,4-7,9-10,12H2,1-3H3/t14-,19-/m0/s1. The average molecular weight is 462 g/mol. The van der Waals surface area contributed by atoms with Crippen LogP contribution in [0.5, 0.6) is 0 Å². The van der Waals surface area contributed by atoms with Crippen molar-refractivity contribution in [2.45, 2.75) is 45.8 Å². The third-order valence-corrected chi connectivity index (χ3v) is 6.32. The molecule has 1 amide bonds. The van der Waals surface area contributed by atoms with Gasteiger partial charge in [-0.2, -0.15) is 0 Å². The highest BCUT2D eigenvalue weighted by molar-refractivity contribution is 5.93. The zero-order valence-corrected chi connectivity index (χ0v) is 19.0. The van der Waals surface area contributed by atoms with Gasteiger partial charge in [0.25, 0.3) is 0 Å². The van der Waals surface area contributed by atoms with Gasteiger partial charge >= 0.3 is 5.97 Å². The summed E-state index contributed by atoms with van der Waals surface area (Å²) in [5.41, 5.74) is -0.523. The van der Waals surface area contributed by atoms with Crippen LogP contribution in [0.2, 0.25) is 0 Å². The molecular formula is C23H28F2N4O4. The molecule has 0 unspecified atom stereocenters. The molecule has 1 aliphatic carbocycles. The van der Waals surface area contributed by atoms with E-state index in [0.29, 0.717) is 6.54 Å². The van der Waals surface area contributed by atoms with Gasteiger partial charge in [0.15, 0.2) is 11.6 Å². The number of hydrogen-bond acceptors (Lipinski definition) is 6. The number of pyridine rings is 2. The summed E-state index contributed by atoms with van der Waals surface area (Å²) in [6.45, 7) is 5.89. The predicted octanol–water partition coefficient (Wildman–Crippen LogP) is 2.69. The van der Waals surface area contributed by atoms with Crippen LogP contribution in [0.15, 0.2) is 17.1 Å². The number of fused-ring (bicyclic) bond motifs is 1. The van der Waals surface area contributed by atoms with Crippen LogP contribution < -0.4 is 10.3 Å². The zero-order chi connectivity index (χ0) is 23.9. The maximum absolute atomic E-state index is 15.1. The molecule has 4 rings (SSSR count). The van der Waals surface area contributed by atoms with E-state index in [0.717, 1.165) is 18.9 Å². The minimum atomic E-state index is -1.24. The second-order valence-electron chi connectivity index (χ2n) is 8.63. The molecule has 8 nitrogen and oxygen atoms in total. The van der Waals surface area contributed by atoms with Gasteiger partial charge in [-0.05, 0) is 32.8 Å². The number of carbonyl (C=O) groups excluding carboxylic acids is 2. The van der Waals surface area contributed by atoms with E-state index in [1.165, 1.54) is 18.0 Å². The average Bonchev–Trinajstić information content (AvgIpc) is 3.55. The van der Waals surface area contributed by atoms with E-state index in [9.17, 15) is 18.8 Å². The van der Waals surface area contributed by atoms with Gasteiger partial charge in [-0.15, -0.1) is 0 Å². The molecule has 1 aliphatic heterocycles. The maximum Gasteiger partial charge on any atom is 0.343 e. The SMILES string of the molecule is CCOC(=O)c1cn(C2CC2)c2nc(N3C[C@H](CN(CC)C(C)=O)[C@@H](F)C3)c(F)cc2c1=O. The van der Waals surface area contributed by atoms with Crippen LogP contribution in [0.1, 0.15) is 50.0 Å². The Morgan fingerprint density at radius 3 is 2.61 bits per heavy atom. The summed E-state index contributed by atoms with van der Waals surface area (Å²) < 4.78 is 36.6. The lowest BCUT2D eigenvalue weighted by Crippen LogP contribution is -2.36. The summed E-state index contributed by atoms with van der Waals surface area (Å²) in [5, 5.41) is -0.00464. The lowest BCUT2D eigenvalue weighted by Gasteiger charge is -2.24. The summed E-state index contributed by atoms with van der Waals surface area (Å²) >= 11 is 0. The van der Waals surface area contributed by atoms with E-state index in [-0.39, 0.29) is 60.6 Å². The highest BCUT2D eigenvalue weighted by Crippen LogP contribution is 2.37. The van der Waals surface area contributed by atoms with Gasteiger partial charge in [0.2, 0.25) is 11.3 Å². The van der Waals surface area contributed by atoms with Crippen molar-refractivity contribution in [2.75, 3.05) is 37.7 Å². The maximum atomic E-state index is 15.1. The molecule has 2 aromatic heterocycles. The van der Waals surface area contributed by atoms with Crippen molar-refractivity contribution >= 4 is 28.7 Å². The van der Waals surface area contributed by atoms with Crippen LogP contribution in [-0.2, 0) is 9.53 Å². The summed E-state index contributed by atoms with van der Waals surface area (Å²) in [6, 6.07) is 1.14. The Labute approximate surface area is 190 Å².